The van der Waals surface area contributed by atoms with Gasteiger partial charge in [-0.25, -0.2) is 4.98 Å². The summed E-state index contributed by atoms with van der Waals surface area (Å²) < 4.78 is 2.46. The van der Waals surface area contributed by atoms with Gasteiger partial charge in [-0.2, -0.15) is 0 Å². The molecular formula is C12H9Br2N3S. The lowest BCUT2D eigenvalue weighted by Gasteiger charge is -2.07. The highest BCUT2D eigenvalue weighted by Gasteiger charge is 2.27. The molecule has 3 rings (SSSR count). The lowest BCUT2D eigenvalue weighted by Crippen LogP contribution is -1.98. The Bertz CT molecular complexity index is 647. The molecule has 0 aromatic carbocycles. The normalized spacial score (nSPS) is 14.8. The Balaban J connectivity index is 2.12. The molecule has 0 aliphatic heterocycles. The Labute approximate surface area is 126 Å². The molecule has 1 saturated carbocycles. The SMILES string of the molecule is S=c1nc(-c2ccc(Br)cn2)[nH]c(C2CC2)c1Br. The van der Waals surface area contributed by atoms with E-state index in [0.717, 1.165) is 26.2 Å². The number of nitrogens with zero attached hydrogens (tertiary/aromatic N) is 2. The van der Waals surface area contributed by atoms with Gasteiger partial charge in [0.25, 0.3) is 0 Å². The van der Waals surface area contributed by atoms with Crippen molar-refractivity contribution in [1.29, 1.82) is 0 Å². The van der Waals surface area contributed by atoms with E-state index in [0.29, 0.717) is 10.6 Å². The van der Waals surface area contributed by atoms with Crippen molar-refractivity contribution in [3.8, 4) is 11.5 Å². The van der Waals surface area contributed by atoms with E-state index < -0.39 is 0 Å². The summed E-state index contributed by atoms with van der Waals surface area (Å²) in [6.45, 7) is 0. The van der Waals surface area contributed by atoms with Crippen molar-refractivity contribution < 1.29 is 0 Å². The molecule has 18 heavy (non-hydrogen) atoms. The van der Waals surface area contributed by atoms with Gasteiger partial charge in [-0.15, -0.1) is 0 Å². The molecule has 92 valence electrons. The molecule has 0 spiro atoms. The van der Waals surface area contributed by atoms with Crippen LogP contribution in [-0.2, 0) is 0 Å². The lowest BCUT2D eigenvalue weighted by molar-refractivity contribution is 0.966. The van der Waals surface area contributed by atoms with E-state index >= 15 is 0 Å². The maximum Gasteiger partial charge on any atom is 0.157 e. The first-order chi connectivity index (χ1) is 8.65. The Hall–Kier alpha value is -0.590. The summed E-state index contributed by atoms with van der Waals surface area (Å²) in [5, 5.41) is 0. The molecule has 1 aliphatic carbocycles. The maximum atomic E-state index is 5.29. The van der Waals surface area contributed by atoms with E-state index in [4.69, 9.17) is 12.2 Å². The number of rotatable bonds is 2. The third-order valence-electron chi connectivity index (χ3n) is 2.85. The van der Waals surface area contributed by atoms with Gasteiger partial charge >= 0.3 is 0 Å². The van der Waals surface area contributed by atoms with E-state index in [1.165, 1.54) is 12.8 Å². The van der Waals surface area contributed by atoms with Crippen LogP contribution in [0, 0.1) is 4.64 Å². The second-order valence-electron chi connectivity index (χ2n) is 4.25. The molecule has 3 nitrogen and oxygen atoms in total. The molecule has 1 fully saturated rings. The number of aromatic nitrogens is 3. The molecule has 2 aromatic heterocycles. The second-order valence-corrected chi connectivity index (χ2v) is 6.35. The number of pyridine rings is 1. The molecule has 0 atom stereocenters. The fourth-order valence-corrected chi connectivity index (χ4v) is 2.71. The fourth-order valence-electron chi connectivity index (χ4n) is 1.77. The molecule has 0 amide bonds. The van der Waals surface area contributed by atoms with Crippen LogP contribution >= 0.6 is 44.1 Å². The zero-order valence-electron chi connectivity index (χ0n) is 9.28. The van der Waals surface area contributed by atoms with Gasteiger partial charge in [0.2, 0.25) is 0 Å². The summed E-state index contributed by atoms with van der Waals surface area (Å²) in [6.07, 6.45) is 4.18. The number of hydrogen-bond donors (Lipinski definition) is 1. The van der Waals surface area contributed by atoms with Gasteiger partial charge in [-0.1, -0.05) is 12.2 Å². The van der Waals surface area contributed by atoms with Crippen LogP contribution in [0.25, 0.3) is 11.5 Å². The Kier molecular flexibility index (Phi) is 3.34. The third kappa shape index (κ3) is 2.41. The van der Waals surface area contributed by atoms with Gasteiger partial charge in [0, 0.05) is 22.3 Å². The summed E-state index contributed by atoms with van der Waals surface area (Å²) in [7, 11) is 0. The summed E-state index contributed by atoms with van der Waals surface area (Å²) >= 11 is 12.2. The molecular weight excluding hydrogens is 378 g/mol. The summed E-state index contributed by atoms with van der Waals surface area (Å²) in [5.41, 5.74) is 1.95. The molecule has 0 bridgehead atoms. The molecule has 0 radical (unpaired) electrons. The van der Waals surface area contributed by atoms with Crippen LogP contribution in [-0.4, -0.2) is 15.0 Å². The van der Waals surface area contributed by atoms with Crippen molar-refractivity contribution in [2.24, 2.45) is 0 Å². The quantitative estimate of drug-likeness (QED) is 0.766. The summed E-state index contributed by atoms with van der Waals surface area (Å²) in [5.74, 6) is 1.32. The van der Waals surface area contributed by atoms with Gasteiger partial charge in [-0.05, 0) is 56.8 Å². The topological polar surface area (TPSA) is 41.6 Å². The van der Waals surface area contributed by atoms with Crippen molar-refractivity contribution in [1.82, 2.24) is 15.0 Å². The number of nitrogens with one attached hydrogen (secondary N) is 1. The Morgan fingerprint density at radius 3 is 2.67 bits per heavy atom. The molecule has 0 saturated heterocycles. The molecule has 2 heterocycles. The van der Waals surface area contributed by atoms with Crippen LogP contribution in [0.2, 0.25) is 0 Å². The predicted molar refractivity (Wildman–Crippen MR) is 80.0 cm³/mol. The van der Waals surface area contributed by atoms with Crippen LogP contribution in [0.3, 0.4) is 0 Å². The van der Waals surface area contributed by atoms with E-state index in [1.807, 2.05) is 12.1 Å². The van der Waals surface area contributed by atoms with Gasteiger partial charge < -0.3 is 4.98 Å². The van der Waals surface area contributed by atoms with Gasteiger partial charge in [-0.3, -0.25) is 4.98 Å². The monoisotopic (exact) mass is 385 g/mol. The summed E-state index contributed by atoms with van der Waals surface area (Å²) in [4.78, 5) is 12.1. The Morgan fingerprint density at radius 1 is 1.28 bits per heavy atom. The highest BCUT2D eigenvalue weighted by atomic mass is 79.9. The fraction of sp³-hybridized carbons (Fsp3) is 0.250. The van der Waals surface area contributed by atoms with Gasteiger partial charge in [0.15, 0.2) is 5.82 Å². The number of aromatic amines is 1. The predicted octanol–water partition coefficient (Wildman–Crippen LogP) is 4.60. The first-order valence-corrected chi connectivity index (χ1v) is 7.56. The summed E-state index contributed by atoms with van der Waals surface area (Å²) in [6, 6.07) is 3.86. The number of hydrogen-bond acceptors (Lipinski definition) is 3. The first kappa shape index (κ1) is 12.4. The number of halogens is 2. The van der Waals surface area contributed by atoms with Crippen LogP contribution in [0.1, 0.15) is 24.5 Å². The highest BCUT2D eigenvalue weighted by molar-refractivity contribution is 9.10. The van der Waals surface area contributed by atoms with Gasteiger partial charge in [0.05, 0.1) is 4.47 Å². The third-order valence-corrected chi connectivity index (χ3v) is 4.68. The van der Waals surface area contributed by atoms with Crippen LogP contribution in [0.5, 0.6) is 0 Å². The minimum absolute atomic E-state index is 0.582. The zero-order chi connectivity index (χ0) is 12.7. The van der Waals surface area contributed by atoms with E-state index in [-0.39, 0.29) is 0 Å². The Morgan fingerprint density at radius 2 is 2.06 bits per heavy atom. The van der Waals surface area contributed by atoms with E-state index in [9.17, 15) is 0 Å². The molecule has 2 aromatic rings. The average molecular weight is 387 g/mol. The van der Waals surface area contributed by atoms with E-state index in [1.54, 1.807) is 6.20 Å². The largest absolute Gasteiger partial charge is 0.341 e. The average Bonchev–Trinajstić information content (AvgIpc) is 3.18. The van der Waals surface area contributed by atoms with Crippen LogP contribution < -0.4 is 0 Å². The van der Waals surface area contributed by atoms with Crippen molar-refractivity contribution in [3.63, 3.8) is 0 Å². The van der Waals surface area contributed by atoms with Gasteiger partial charge in [0.1, 0.15) is 10.3 Å². The minimum Gasteiger partial charge on any atom is -0.341 e. The molecule has 1 N–H and O–H groups in total. The maximum absolute atomic E-state index is 5.29. The lowest BCUT2D eigenvalue weighted by atomic mass is 10.2. The molecule has 6 heteroatoms. The smallest absolute Gasteiger partial charge is 0.157 e. The first-order valence-electron chi connectivity index (χ1n) is 5.57. The molecule has 0 unspecified atom stereocenters. The second kappa shape index (κ2) is 4.83. The van der Waals surface area contributed by atoms with Crippen molar-refractivity contribution in [3.05, 3.63) is 37.6 Å². The van der Waals surface area contributed by atoms with Crippen molar-refractivity contribution in [2.45, 2.75) is 18.8 Å². The van der Waals surface area contributed by atoms with Crippen LogP contribution in [0.15, 0.2) is 27.3 Å². The highest BCUT2D eigenvalue weighted by Crippen LogP contribution is 2.42. The van der Waals surface area contributed by atoms with Crippen molar-refractivity contribution >= 4 is 44.1 Å². The van der Waals surface area contributed by atoms with Crippen molar-refractivity contribution in [2.75, 3.05) is 0 Å². The number of H-pyrrole nitrogens is 1. The standard InChI is InChI=1S/C12H9Br2N3S/c13-7-3-4-8(15-5-7)11-16-10(6-1-2-6)9(14)12(18)17-11/h3-6H,1-2H2,(H,16,17,18). The van der Waals surface area contributed by atoms with Crippen LogP contribution in [0.4, 0.5) is 0 Å². The molecule has 1 aliphatic rings. The zero-order valence-corrected chi connectivity index (χ0v) is 13.3. The van der Waals surface area contributed by atoms with E-state index in [2.05, 4.69) is 46.8 Å². The minimum atomic E-state index is 0.582.